The van der Waals surface area contributed by atoms with E-state index >= 15 is 0 Å². The van der Waals surface area contributed by atoms with Gasteiger partial charge < -0.3 is 4.74 Å². The van der Waals surface area contributed by atoms with E-state index in [2.05, 4.69) is 13.2 Å². The molecule has 1 heterocycles. The Bertz CT molecular complexity index is 449. The lowest BCUT2D eigenvalue weighted by molar-refractivity contribution is -0.119. The lowest BCUT2D eigenvalue weighted by Gasteiger charge is -2.31. The Morgan fingerprint density at radius 3 is 2.52 bits per heavy atom. The normalized spacial score (nSPS) is 21.2. The molecule has 0 saturated heterocycles. The van der Waals surface area contributed by atoms with E-state index in [9.17, 15) is 9.59 Å². The second-order valence-electron chi connectivity index (χ2n) is 4.39. The highest BCUT2D eigenvalue weighted by Gasteiger charge is 2.31. The SMILES string of the molecule is C=C/C=C(\C=C)COC(=O)N1C=CC(=O)[C@H](C)C1C.CC. The topological polar surface area (TPSA) is 46.6 Å². The van der Waals surface area contributed by atoms with Crippen molar-refractivity contribution in [3.05, 3.63) is 49.2 Å². The average molecular weight is 291 g/mol. The summed E-state index contributed by atoms with van der Waals surface area (Å²) in [6, 6.07) is -0.208. The Hall–Kier alpha value is -2.10. The van der Waals surface area contributed by atoms with Gasteiger partial charge in [-0.15, -0.1) is 0 Å². The van der Waals surface area contributed by atoms with Crippen LogP contribution in [0.15, 0.2) is 49.2 Å². The number of rotatable bonds is 4. The molecule has 0 fully saturated rings. The van der Waals surface area contributed by atoms with Crippen LogP contribution in [0.5, 0.6) is 0 Å². The van der Waals surface area contributed by atoms with Crippen LogP contribution in [0.3, 0.4) is 0 Å². The third-order valence-corrected chi connectivity index (χ3v) is 3.18. The van der Waals surface area contributed by atoms with Crippen molar-refractivity contribution >= 4 is 11.9 Å². The molecule has 0 aliphatic carbocycles. The minimum atomic E-state index is -0.472. The lowest BCUT2D eigenvalue weighted by atomic mass is 9.95. The standard InChI is InChI=1S/C15H19NO3.C2H6/c1-5-7-13(6-2)10-19-15(18)16-9-8-14(17)11(3)12(16)4;1-2/h5-9,11-12H,1-2,10H2,3-4H3;1-2H3/b13-7+;/t11-,12?;/m1./s1. The third kappa shape index (κ3) is 5.42. The second kappa shape index (κ2) is 9.75. The van der Waals surface area contributed by atoms with E-state index in [-0.39, 0.29) is 24.3 Å². The van der Waals surface area contributed by atoms with Crippen LogP contribution in [0.25, 0.3) is 0 Å². The predicted octanol–water partition coefficient (Wildman–Crippen LogP) is 3.87. The van der Waals surface area contributed by atoms with Crippen LogP contribution < -0.4 is 0 Å². The van der Waals surface area contributed by atoms with Crippen molar-refractivity contribution in [1.29, 1.82) is 0 Å². The minimum absolute atomic E-state index is 0.0230. The fraction of sp³-hybridized carbons (Fsp3) is 0.412. The van der Waals surface area contributed by atoms with E-state index in [1.165, 1.54) is 17.2 Å². The van der Waals surface area contributed by atoms with E-state index in [0.717, 1.165) is 5.57 Å². The number of amides is 1. The molecule has 0 bridgehead atoms. The van der Waals surface area contributed by atoms with Gasteiger partial charge in [-0.1, -0.05) is 52.2 Å². The number of carbonyl (C=O) groups is 2. The summed E-state index contributed by atoms with van der Waals surface area (Å²) in [5.74, 6) is -0.199. The van der Waals surface area contributed by atoms with Gasteiger partial charge in [0, 0.05) is 18.2 Å². The van der Waals surface area contributed by atoms with Gasteiger partial charge in [-0.25, -0.2) is 4.79 Å². The van der Waals surface area contributed by atoms with Gasteiger partial charge in [0.1, 0.15) is 6.61 Å². The van der Waals surface area contributed by atoms with Gasteiger partial charge in [-0.05, 0) is 18.6 Å². The molecule has 1 rings (SSSR count). The molecule has 1 aliphatic heterocycles. The summed E-state index contributed by atoms with van der Waals surface area (Å²) < 4.78 is 5.18. The molecule has 0 N–H and O–H groups in total. The maximum Gasteiger partial charge on any atom is 0.414 e. The lowest BCUT2D eigenvalue weighted by Crippen LogP contribution is -2.43. The highest BCUT2D eigenvalue weighted by molar-refractivity contribution is 5.94. The molecule has 0 spiro atoms. The van der Waals surface area contributed by atoms with Gasteiger partial charge in [-0.3, -0.25) is 9.69 Å². The molecule has 0 radical (unpaired) electrons. The molecule has 4 heteroatoms. The van der Waals surface area contributed by atoms with Gasteiger partial charge in [0.25, 0.3) is 0 Å². The van der Waals surface area contributed by atoms with Crippen molar-refractivity contribution < 1.29 is 14.3 Å². The monoisotopic (exact) mass is 291 g/mol. The molecule has 1 aliphatic rings. The molecular weight excluding hydrogens is 266 g/mol. The first-order valence-corrected chi connectivity index (χ1v) is 7.12. The van der Waals surface area contributed by atoms with Gasteiger partial charge in [-0.2, -0.15) is 0 Å². The van der Waals surface area contributed by atoms with Crippen molar-refractivity contribution in [2.45, 2.75) is 33.7 Å². The van der Waals surface area contributed by atoms with E-state index < -0.39 is 6.09 Å². The summed E-state index contributed by atoms with van der Waals surface area (Å²) in [6.45, 7) is 14.9. The van der Waals surface area contributed by atoms with E-state index in [0.29, 0.717) is 0 Å². The predicted molar refractivity (Wildman–Crippen MR) is 85.8 cm³/mol. The van der Waals surface area contributed by atoms with Gasteiger partial charge in [0.2, 0.25) is 0 Å². The number of carbonyl (C=O) groups excluding carboxylic acids is 2. The number of ketones is 1. The second-order valence-corrected chi connectivity index (χ2v) is 4.39. The van der Waals surface area contributed by atoms with Gasteiger partial charge in [0.15, 0.2) is 5.78 Å². The summed E-state index contributed by atoms with van der Waals surface area (Å²) in [5.41, 5.74) is 0.765. The summed E-state index contributed by atoms with van der Waals surface area (Å²) in [5, 5.41) is 0. The Morgan fingerprint density at radius 2 is 2.00 bits per heavy atom. The Labute approximate surface area is 127 Å². The smallest absolute Gasteiger partial charge is 0.414 e. The molecule has 4 nitrogen and oxygen atoms in total. The molecule has 0 aromatic heterocycles. The first-order chi connectivity index (χ1) is 10.0. The summed E-state index contributed by atoms with van der Waals surface area (Å²) in [6.07, 6.45) is 7.34. The Balaban J connectivity index is 0.00000191. The maximum atomic E-state index is 11.9. The Kier molecular flexibility index (Phi) is 8.77. The molecule has 21 heavy (non-hydrogen) atoms. The van der Waals surface area contributed by atoms with Crippen LogP contribution >= 0.6 is 0 Å². The van der Waals surface area contributed by atoms with Crippen LogP contribution in [0, 0.1) is 5.92 Å². The molecule has 116 valence electrons. The molecule has 0 aromatic carbocycles. The molecule has 1 unspecified atom stereocenters. The van der Waals surface area contributed by atoms with Crippen LogP contribution in [0.1, 0.15) is 27.7 Å². The van der Waals surface area contributed by atoms with E-state index in [1.54, 1.807) is 25.2 Å². The molecular formula is C17H25NO3. The van der Waals surface area contributed by atoms with Crippen LogP contribution in [0.4, 0.5) is 4.79 Å². The molecule has 1 amide bonds. The van der Waals surface area contributed by atoms with Crippen LogP contribution in [-0.4, -0.2) is 29.4 Å². The first kappa shape index (κ1) is 18.9. The van der Waals surface area contributed by atoms with E-state index in [4.69, 9.17) is 4.74 Å². The van der Waals surface area contributed by atoms with Crippen molar-refractivity contribution in [3.8, 4) is 0 Å². The fourth-order valence-electron chi connectivity index (χ4n) is 1.69. The molecule has 0 aromatic rings. The number of hydrogen-bond donors (Lipinski definition) is 0. The first-order valence-electron chi connectivity index (χ1n) is 7.12. The van der Waals surface area contributed by atoms with Crippen molar-refractivity contribution in [2.75, 3.05) is 6.61 Å². The minimum Gasteiger partial charge on any atom is -0.444 e. The largest absolute Gasteiger partial charge is 0.444 e. The van der Waals surface area contributed by atoms with Crippen molar-refractivity contribution in [3.63, 3.8) is 0 Å². The summed E-state index contributed by atoms with van der Waals surface area (Å²) in [7, 11) is 0. The summed E-state index contributed by atoms with van der Waals surface area (Å²) in [4.78, 5) is 24.8. The highest BCUT2D eigenvalue weighted by Crippen LogP contribution is 2.19. The average Bonchev–Trinajstić information content (AvgIpc) is 2.51. The number of hydrogen-bond acceptors (Lipinski definition) is 3. The van der Waals surface area contributed by atoms with Crippen LogP contribution in [-0.2, 0) is 9.53 Å². The summed E-state index contributed by atoms with van der Waals surface area (Å²) >= 11 is 0. The fourth-order valence-corrected chi connectivity index (χ4v) is 1.69. The molecule has 0 saturated carbocycles. The van der Waals surface area contributed by atoms with Gasteiger partial charge >= 0.3 is 6.09 Å². The van der Waals surface area contributed by atoms with Crippen molar-refractivity contribution in [1.82, 2.24) is 4.90 Å². The quantitative estimate of drug-likeness (QED) is 0.739. The zero-order valence-corrected chi connectivity index (χ0v) is 13.3. The number of nitrogens with zero attached hydrogens (tertiary/aromatic N) is 1. The molecule has 2 atom stereocenters. The van der Waals surface area contributed by atoms with Crippen molar-refractivity contribution in [2.24, 2.45) is 5.92 Å². The van der Waals surface area contributed by atoms with Crippen LogP contribution in [0.2, 0.25) is 0 Å². The van der Waals surface area contributed by atoms with E-state index in [1.807, 2.05) is 20.8 Å². The zero-order chi connectivity index (χ0) is 16.4. The maximum absolute atomic E-state index is 11.9. The number of allylic oxidation sites excluding steroid dienone is 3. The zero-order valence-electron chi connectivity index (χ0n) is 13.3. The Morgan fingerprint density at radius 1 is 1.38 bits per heavy atom. The number of ether oxygens (including phenoxy) is 1. The highest BCUT2D eigenvalue weighted by atomic mass is 16.6. The third-order valence-electron chi connectivity index (χ3n) is 3.18. The van der Waals surface area contributed by atoms with Gasteiger partial charge in [0.05, 0.1) is 0 Å².